The van der Waals surface area contributed by atoms with E-state index in [1.165, 1.54) is 36.8 Å². The van der Waals surface area contributed by atoms with Crippen LogP contribution in [0.2, 0.25) is 5.02 Å². The van der Waals surface area contributed by atoms with E-state index >= 15 is 0 Å². The number of carbonyl (C=O) groups excluding carboxylic acids is 1. The first-order chi connectivity index (χ1) is 14.7. The monoisotopic (exact) mass is 448 g/mol. The Kier molecular flexibility index (Phi) is 4.93. The predicted octanol–water partition coefficient (Wildman–Crippen LogP) is 2.99. The lowest BCUT2D eigenvalue weighted by atomic mass is 10.1. The summed E-state index contributed by atoms with van der Waals surface area (Å²) >= 11 is 6.23. The number of alkyl halides is 3. The van der Waals surface area contributed by atoms with Gasteiger partial charge in [-0.05, 0) is 25.1 Å². The molecular formula is C18H12ClF3N8O. The molecule has 0 unspecified atom stereocenters. The Labute approximate surface area is 177 Å². The summed E-state index contributed by atoms with van der Waals surface area (Å²) in [4.78, 5) is 21.4. The molecular weight excluding hydrogens is 437 g/mol. The van der Waals surface area contributed by atoms with Gasteiger partial charge < -0.3 is 5.73 Å². The molecule has 0 radical (unpaired) electrons. The third-order valence-electron chi connectivity index (χ3n) is 4.19. The summed E-state index contributed by atoms with van der Waals surface area (Å²) in [5, 5.41) is 11.8. The molecule has 0 spiro atoms. The lowest BCUT2D eigenvalue weighted by Gasteiger charge is -2.11. The van der Waals surface area contributed by atoms with Crippen LogP contribution in [0.25, 0.3) is 22.9 Å². The average Bonchev–Trinajstić information content (AvgIpc) is 3.35. The number of aryl methyl sites for hydroxylation is 1. The van der Waals surface area contributed by atoms with E-state index in [0.29, 0.717) is 10.4 Å². The highest BCUT2D eigenvalue weighted by atomic mass is 35.5. The van der Waals surface area contributed by atoms with Crippen LogP contribution in [-0.4, -0.2) is 40.6 Å². The van der Waals surface area contributed by atoms with Gasteiger partial charge in [-0.15, -0.1) is 4.80 Å². The number of halogens is 4. The second-order valence-corrected chi connectivity index (χ2v) is 6.74. The van der Waals surface area contributed by atoms with E-state index < -0.39 is 23.3 Å². The third kappa shape index (κ3) is 3.72. The van der Waals surface area contributed by atoms with Gasteiger partial charge >= 0.3 is 6.18 Å². The Bertz CT molecular complexity index is 1280. The van der Waals surface area contributed by atoms with E-state index in [4.69, 9.17) is 17.3 Å². The van der Waals surface area contributed by atoms with E-state index in [1.807, 2.05) is 0 Å². The van der Waals surface area contributed by atoms with E-state index in [9.17, 15) is 18.0 Å². The molecule has 0 aliphatic heterocycles. The zero-order chi connectivity index (χ0) is 22.3. The molecule has 0 atom stereocenters. The van der Waals surface area contributed by atoms with Crippen LogP contribution in [0.4, 0.5) is 13.2 Å². The van der Waals surface area contributed by atoms with Crippen LogP contribution in [0.3, 0.4) is 0 Å². The molecule has 31 heavy (non-hydrogen) atoms. The van der Waals surface area contributed by atoms with Crippen molar-refractivity contribution >= 4 is 17.5 Å². The Hall–Kier alpha value is -3.80. The van der Waals surface area contributed by atoms with Crippen LogP contribution in [0, 0.1) is 6.92 Å². The molecule has 4 heterocycles. The Morgan fingerprint density at radius 1 is 1.19 bits per heavy atom. The number of nitrogens with zero attached hydrogens (tertiary/aromatic N) is 7. The van der Waals surface area contributed by atoms with Gasteiger partial charge in [0.05, 0.1) is 23.0 Å². The zero-order valence-electron chi connectivity index (χ0n) is 15.7. The molecule has 2 N–H and O–H groups in total. The number of carbonyl (C=O) groups is 1. The minimum Gasteiger partial charge on any atom is -0.365 e. The number of nitrogens with two attached hydrogens (primary N) is 1. The number of primary amides is 1. The van der Waals surface area contributed by atoms with Crippen LogP contribution < -0.4 is 5.73 Å². The van der Waals surface area contributed by atoms with Gasteiger partial charge in [0.25, 0.3) is 5.91 Å². The topological polar surface area (TPSA) is 117 Å². The quantitative estimate of drug-likeness (QED) is 0.513. The maximum absolute atomic E-state index is 14.0. The molecule has 158 valence electrons. The molecule has 9 nitrogen and oxygen atoms in total. The van der Waals surface area contributed by atoms with E-state index in [2.05, 4.69) is 25.3 Å². The van der Waals surface area contributed by atoms with Crippen molar-refractivity contribution in [2.45, 2.75) is 13.1 Å². The van der Waals surface area contributed by atoms with E-state index in [0.717, 1.165) is 4.80 Å². The highest BCUT2D eigenvalue weighted by molar-refractivity contribution is 6.32. The minimum atomic E-state index is -4.95. The summed E-state index contributed by atoms with van der Waals surface area (Å²) in [5.41, 5.74) is 3.33. The van der Waals surface area contributed by atoms with Crippen LogP contribution in [0.5, 0.6) is 0 Å². The zero-order valence-corrected chi connectivity index (χ0v) is 16.4. The molecule has 4 aromatic heterocycles. The van der Waals surface area contributed by atoms with Crippen LogP contribution in [0.15, 0.2) is 42.9 Å². The molecule has 4 aromatic rings. The fourth-order valence-electron chi connectivity index (χ4n) is 2.96. The van der Waals surface area contributed by atoms with Gasteiger partial charge in [0.2, 0.25) is 0 Å². The predicted molar refractivity (Wildman–Crippen MR) is 103 cm³/mol. The number of pyridine rings is 2. The molecule has 0 aliphatic carbocycles. The standard InChI is InChI=1S/C18H12ClF3N8O/c1-9-3-2-4-12(27-9)29-15(18(20,21)22)13(16(23)31)14(28-29)10-7-11(19)17(24-8-10)30-25-5-6-26-30/h2-8H,1H3,(H2,23,31). The number of hydrogen-bond donors (Lipinski definition) is 1. The van der Waals surface area contributed by atoms with Crippen LogP contribution in [-0.2, 0) is 6.18 Å². The third-order valence-corrected chi connectivity index (χ3v) is 4.47. The first-order valence-corrected chi connectivity index (χ1v) is 9.01. The second-order valence-electron chi connectivity index (χ2n) is 6.33. The molecule has 0 aromatic carbocycles. The van der Waals surface area contributed by atoms with Crippen molar-refractivity contribution in [1.29, 1.82) is 0 Å². The van der Waals surface area contributed by atoms with Crippen molar-refractivity contribution in [3.63, 3.8) is 0 Å². The van der Waals surface area contributed by atoms with Crippen molar-refractivity contribution in [1.82, 2.24) is 34.7 Å². The summed E-state index contributed by atoms with van der Waals surface area (Å²) < 4.78 is 42.4. The summed E-state index contributed by atoms with van der Waals surface area (Å²) in [7, 11) is 0. The SMILES string of the molecule is Cc1cccc(-n2nc(-c3cnc(-n4nccn4)c(Cl)c3)c(C(N)=O)c2C(F)(F)F)n1. The van der Waals surface area contributed by atoms with Gasteiger partial charge in [-0.1, -0.05) is 17.7 Å². The first-order valence-electron chi connectivity index (χ1n) is 8.63. The molecule has 0 aliphatic rings. The molecule has 0 fully saturated rings. The maximum atomic E-state index is 14.0. The summed E-state index contributed by atoms with van der Waals surface area (Å²) in [5.74, 6) is -1.29. The number of hydrogen-bond acceptors (Lipinski definition) is 6. The van der Waals surface area contributed by atoms with Gasteiger partial charge in [0.1, 0.15) is 5.69 Å². The van der Waals surface area contributed by atoms with Crippen molar-refractivity contribution in [2.24, 2.45) is 5.73 Å². The van der Waals surface area contributed by atoms with E-state index in [-0.39, 0.29) is 27.9 Å². The Balaban J connectivity index is 1.97. The highest BCUT2D eigenvalue weighted by Gasteiger charge is 2.42. The second kappa shape index (κ2) is 7.47. The molecule has 1 amide bonds. The van der Waals surface area contributed by atoms with Crippen molar-refractivity contribution in [3.05, 3.63) is 64.8 Å². The number of rotatable bonds is 4. The van der Waals surface area contributed by atoms with Crippen LogP contribution >= 0.6 is 11.6 Å². The van der Waals surface area contributed by atoms with Gasteiger partial charge in [-0.2, -0.15) is 28.5 Å². The van der Waals surface area contributed by atoms with Crippen molar-refractivity contribution in [3.8, 4) is 22.9 Å². The van der Waals surface area contributed by atoms with Gasteiger partial charge in [0, 0.05) is 17.5 Å². The Morgan fingerprint density at radius 3 is 2.48 bits per heavy atom. The first kappa shape index (κ1) is 20.5. The summed E-state index contributed by atoms with van der Waals surface area (Å²) in [6.45, 7) is 1.61. The number of aromatic nitrogens is 7. The summed E-state index contributed by atoms with van der Waals surface area (Å²) in [6.07, 6.45) is -0.933. The molecule has 0 bridgehead atoms. The van der Waals surface area contributed by atoms with Crippen molar-refractivity contribution in [2.75, 3.05) is 0 Å². The minimum absolute atomic E-state index is 0.0286. The normalized spacial score (nSPS) is 11.6. The molecule has 0 saturated heterocycles. The van der Waals surface area contributed by atoms with Gasteiger partial charge in [0.15, 0.2) is 17.3 Å². The van der Waals surface area contributed by atoms with E-state index in [1.54, 1.807) is 13.0 Å². The van der Waals surface area contributed by atoms with Gasteiger partial charge in [-0.3, -0.25) is 4.79 Å². The highest BCUT2D eigenvalue weighted by Crippen LogP contribution is 2.38. The fourth-order valence-corrected chi connectivity index (χ4v) is 3.20. The summed E-state index contributed by atoms with van der Waals surface area (Å²) in [6, 6.07) is 5.77. The smallest absolute Gasteiger partial charge is 0.365 e. The van der Waals surface area contributed by atoms with Crippen LogP contribution in [0.1, 0.15) is 21.7 Å². The Morgan fingerprint density at radius 2 is 1.90 bits per heavy atom. The van der Waals surface area contributed by atoms with Gasteiger partial charge in [-0.25, -0.2) is 14.6 Å². The average molecular weight is 449 g/mol. The number of amides is 1. The molecule has 13 heteroatoms. The van der Waals surface area contributed by atoms with Crippen molar-refractivity contribution < 1.29 is 18.0 Å². The lowest BCUT2D eigenvalue weighted by Crippen LogP contribution is -2.21. The maximum Gasteiger partial charge on any atom is 0.434 e. The lowest BCUT2D eigenvalue weighted by molar-refractivity contribution is -0.143. The molecule has 4 rings (SSSR count). The fraction of sp³-hybridized carbons (Fsp3) is 0.111. The largest absolute Gasteiger partial charge is 0.434 e. The molecule has 0 saturated carbocycles.